The molecular weight excluding hydrogens is 212 g/mol. The van der Waals surface area contributed by atoms with E-state index in [1.54, 1.807) is 0 Å². The van der Waals surface area contributed by atoms with E-state index in [2.05, 4.69) is 17.3 Å². The zero-order valence-corrected chi connectivity index (χ0v) is 9.88. The second-order valence-corrected chi connectivity index (χ2v) is 5.08. The molecule has 3 nitrogen and oxygen atoms in total. The first-order chi connectivity index (χ1) is 7.55. The zero-order valence-electron chi connectivity index (χ0n) is 9.88. The fourth-order valence-corrected chi connectivity index (χ4v) is 2.52. The third kappa shape index (κ3) is 3.37. The van der Waals surface area contributed by atoms with Crippen LogP contribution in [0.1, 0.15) is 12.8 Å². The Bertz CT molecular complexity index is 233. The third-order valence-electron chi connectivity index (χ3n) is 3.50. The Kier molecular flexibility index (Phi) is 3.77. The highest BCUT2D eigenvalue weighted by Crippen LogP contribution is 2.26. The largest absolute Gasteiger partial charge is 0.311 e. The van der Waals surface area contributed by atoms with Gasteiger partial charge in [-0.25, -0.2) is 8.78 Å². The van der Waals surface area contributed by atoms with E-state index in [4.69, 9.17) is 0 Å². The number of nitrogens with one attached hydrogen (secondary N) is 1. The number of rotatable bonds is 3. The molecule has 2 aliphatic heterocycles. The first-order valence-electron chi connectivity index (χ1n) is 6.07. The van der Waals surface area contributed by atoms with Crippen LogP contribution in [0.2, 0.25) is 0 Å². The van der Waals surface area contributed by atoms with Crippen molar-refractivity contribution in [2.75, 3.05) is 46.3 Å². The van der Waals surface area contributed by atoms with Crippen LogP contribution in [0.4, 0.5) is 8.78 Å². The normalized spacial score (nSPS) is 32.1. The Morgan fingerprint density at radius 2 is 2.19 bits per heavy atom. The van der Waals surface area contributed by atoms with Gasteiger partial charge in [0.2, 0.25) is 0 Å². The van der Waals surface area contributed by atoms with E-state index in [1.165, 1.54) is 0 Å². The summed E-state index contributed by atoms with van der Waals surface area (Å²) in [7, 11) is 2.11. The standard InChI is InChI=1S/C11H21F2N3/c1-15-7-4-14-10(8-15)2-5-16-6-3-11(12,13)9-16/h10,14H,2-9H2,1H3. The fourth-order valence-electron chi connectivity index (χ4n) is 2.52. The van der Waals surface area contributed by atoms with Crippen molar-refractivity contribution in [3.8, 4) is 0 Å². The highest BCUT2D eigenvalue weighted by atomic mass is 19.3. The number of likely N-dealkylation sites (tertiary alicyclic amines) is 1. The molecule has 0 saturated carbocycles. The first kappa shape index (κ1) is 12.2. The number of alkyl halides is 2. The predicted molar refractivity (Wildman–Crippen MR) is 59.9 cm³/mol. The number of likely N-dealkylation sites (N-methyl/N-ethyl adjacent to an activating group) is 1. The molecule has 16 heavy (non-hydrogen) atoms. The van der Waals surface area contributed by atoms with Gasteiger partial charge < -0.3 is 10.2 Å². The average Bonchev–Trinajstić information content (AvgIpc) is 2.56. The summed E-state index contributed by atoms with van der Waals surface area (Å²) in [5, 5.41) is 3.44. The lowest BCUT2D eigenvalue weighted by Crippen LogP contribution is -2.50. The zero-order chi connectivity index (χ0) is 11.6. The van der Waals surface area contributed by atoms with Gasteiger partial charge in [-0.1, -0.05) is 0 Å². The van der Waals surface area contributed by atoms with Crippen LogP contribution in [0.5, 0.6) is 0 Å². The summed E-state index contributed by atoms with van der Waals surface area (Å²) < 4.78 is 25.9. The molecule has 2 aliphatic rings. The smallest absolute Gasteiger partial charge is 0.261 e. The SMILES string of the molecule is CN1CCNC(CCN2CCC(F)(F)C2)C1. The number of hydrogen-bond donors (Lipinski definition) is 1. The van der Waals surface area contributed by atoms with E-state index < -0.39 is 5.92 Å². The predicted octanol–water partition coefficient (Wildman–Crippen LogP) is 0.621. The van der Waals surface area contributed by atoms with Gasteiger partial charge in [0, 0.05) is 38.6 Å². The van der Waals surface area contributed by atoms with Crippen molar-refractivity contribution in [2.45, 2.75) is 24.8 Å². The average molecular weight is 233 g/mol. The van der Waals surface area contributed by atoms with Crippen LogP contribution in [0.25, 0.3) is 0 Å². The van der Waals surface area contributed by atoms with Gasteiger partial charge in [0.1, 0.15) is 0 Å². The molecule has 0 radical (unpaired) electrons. The van der Waals surface area contributed by atoms with Gasteiger partial charge >= 0.3 is 0 Å². The molecule has 0 aromatic heterocycles. The van der Waals surface area contributed by atoms with Crippen molar-refractivity contribution < 1.29 is 8.78 Å². The maximum Gasteiger partial charge on any atom is 0.261 e. The van der Waals surface area contributed by atoms with E-state index in [0.29, 0.717) is 12.6 Å². The molecule has 5 heteroatoms. The first-order valence-corrected chi connectivity index (χ1v) is 6.07. The van der Waals surface area contributed by atoms with E-state index >= 15 is 0 Å². The number of nitrogens with zero attached hydrogens (tertiary/aromatic N) is 2. The Morgan fingerprint density at radius 1 is 1.38 bits per heavy atom. The summed E-state index contributed by atoms with van der Waals surface area (Å²) in [6, 6.07) is 0.466. The monoisotopic (exact) mass is 233 g/mol. The number of halogens is 2. The molecular formula is C11H21F2N3. The molecule has 1 unspecified atom stereocenters. The molecule has 2 heterocycles. The van der Waals surface area contributed by atoms with Crippen LogP contribution < -0.4 is 5.32 Å². The summed E-state index contributed by atoms with van der Waals surface area (Å²) in [6.45, 7) is 4.42. The summed E-state index contributed by atoms with van der Waals surface area (Å²) in [4.78, 5) is 4.18. The Balaban J connectivity index is 1.68. The van der Waals surface area contributed by atoms with Crippen molar-refractivity contribution in [2.24, 2.45) is 0 Å². The van der Waals surface area contributed by atoms with E-state index in [0.717, 1.165) is 32.6 Å². The second-order valence-electron chi connectivity index (χ2n) is 5.08. The van der Waals surface area contributed by atoms with Crippen LogP contribution >= 0.6 is 0 Å². The molecule has 2 saturated heterocycles. The summed E-state index contributed by atoms with van der Waals surface area (Å²) in [6.07, 6.45) is 1.01. The van der Waals surface area contributed by atoms with Gasteiger partial charge in [-0.15, -0.1) is 0 Å². The van der Waals surface area contributed by atoms with Crippen molar-refractivity contribution in [1.29, 1.82) is 0 Å². The highest BCUT2D eigenvalue weighted by molar-refractivity contribution is 4.84. The maximum atomic E-state index is 13.0. The minimum Gasteiger partial charge on any atom is -0.311 e. The molecule has 2 rings (SSSR count). The van der Waals surface area contributed by atoms with Gasteiger partial charge in [-0.2, -0.15) is 0 Å². The quantitative estimate of drug-likeness (QED) is 0.771. The summed E-state index contributed by atoms with van der Waals surface area (Å²) in [5.74, 6) is -2.45. The Hall–Kier alpha value is -0.260. The topological polar surface area (TPSA) is 18.5 Å². The van der Waals surface area contributed by atoms with Crippen molar-refractivity contribution in [1.82, 2.24) is 15.1 Å². The molecule has 1 N–H and O–H groups in total. The molecule has 0 aromatic carbocycles. The van der Waals surface area contributed by atoms with Crippen molar-refractivity contribution in [3.05, 3.63) is 0 Å². The molecule has 0 aromatic rings. The molecule has 0 aliphatic carbocycles. The lowest BCUT2D eigenvalue weighted by molar-refractivity contribution is 0.0117. The molecule has 0 spiro atoms. The van der Waals surface area contributed by atoms with Gasteiger partial charge in [0.15, 0.2) is 0 Å². The maximum absolute atomic E-state index is 13.0. The summed E-state index contributed by atoms with van der Waals surface area (Å²) >= 11 is 0. The molecule has 2 fully saturated rings. The minimum atomic E-state index is -2.45. The molecule has 1 atom stereocenters. The van der Waals surface area contributed by atoms with Crippen LogP contribution in [0, 0.1) is 0 Å². The van der Waals surface area contributed by atoms with E-state index in [1.807, 2.05) is 4.90 Å². The number of hydrogen-bond acceptors (Lipinski definition) is 3. The van der Waals surface area contributed by atoms with Crippen LogP contribution in [0.3, 0.4) is 0 Å². The Morgan fingerprint density at radius 3 is 2.81 bits per heavy atom. The highest BCUT2D eigenvalue weighted by Gasteiger charge is 2.37. The molecule has 0 bridgehead atoms. The second kappa shape index (κ2) is 4.94. The van der Waals surface area contributed by atoms with Crippen LogP contribution in [-0.4, -0.2) is 68.1 Å². The summed E-state index contributed by atoms with van der Waals surface area (Å²) in [5.41, 5.74) is 0. The fraction of sp³-hybridized carbons (Fsp3) is 1.00. The lowest BCUT2D eigenvalue weighted by atomic mass is 10.1. The third-order valence-corrected chi connectivity index (χ3v) is 3.50. The van der Waals surface area contributed by atoms with E-state index in [9.17, 15) is 8.78 Å². The van der Waals surface area contributed by atoms with Gasteiger partial charge in [-0.05, 0) is 20.0 Å². The minimum absolute atomic E-state index is 0.0327. The molecule has 94 valence electrons. The van der Waals surface area contributed by atoms with Crippen LogP contribution in [-0.2, 0) is 0 Å². The van der Waals surface area contributed by atoms with Crippen molar-refractivity contribution in [3.63, 3.8) is 0 Å². The van der Waals surface area contributed by atoms with Gasteiger partial charge in [0.05, 0.1) is 6.54 Å². The lowest BCUT2D eigenvalue weighted by Gasteiger charge is -2.31. The van der Waals surface area contributed by atoms with Crippen LogP contribution in [0.15, 0.2) is 0 Å². The number of piperazine rings is 1. The van der Waals surface area contributed by atoms with Gasteiger partial charge in [0.25, 0.3) is 5.92 Å². The van der Waals surface area contributed by atoms with Gasteiger partial charge in [-0.3, -0.25) is 4.90 Å². The Labute approximate surface area is 95.8 Å². The van der Waals surface area contributed by atoms with E-state index in [-0.39, 0.29) is 13.0 Å². The molecule has 0 amide bonds. The van der Waals surface area contributed by atoms with Crippen molar-refractivity contribution >= 4 is 0 Å².